The number of carbonyl (C=O) groups is 2. The molecule has 2 aromatic rings. The van der Waals surface area contributed by atoms with Crippen LogP contribution < -0.4 is 5.32 Å². The molecule has 0 heterocycles. The Labute approximate surface area is 199 Å². The molecule has 7 heteroatoms. The van der Waals surface area contributed by atoms with Crippen molar-refractivity contribution >= 4 is 46.8 Å². The van der Waals surface area contributed by atoms with Crippen LogP contribution in [0.3, 0.4) is 0 Å². The molecule has 4 nitrogen and oxygen atoms in total. The van der Waals surface area contributed by atoms with Crippen LogP contribution in [0.25, 0.3) is 0 Å². The van der Waals surface area contributed by atoms with Gasteiger partial charge in [-0.3, -0.25) is 9.59 Å². The van der Waals surface area contributed by atoms with Gasteiger partial charge in [-0.15, -0.1) is 11.8 Å². The molecule has 0 spiro atoms. The van der Waals surface area contributed by atoms with Crippen molar-refractivity contribution in [1.82, 2.24) is 10.2 Å². The van der Waals surface area contributed by atoms with Crippen molar-refractivity contribution in [2.45, 2.75) is 58.5 Å². The van der Waals surface area contributed by atoms with Gasteiger partial charge in [0.1, 0.15) is 6.04 Å². The maximum Gasteiger partial charge on any atom is 0.242 e. The van der Waals surface area contributed by atoms with E-state index in [0.717, 1.165) is 23.1 Å². The molecule has 0 aliphatic carbocycles. The van der Waals surface area contributed by atoms with Gasteiger partial charge in [0, 0.05) is 28.4 Å². The minimum atomic E-state index is -0.568. The minimum Gasteiger partial charge on any atom is -0.352 e. The summed E-state index contributed by atoms with van der Waals surface area (Å²) in [5.74, 6) is 0.628. The second-order valence-electron chi connectivity index (χ2n) is 7.73. The average molecular weight is 481 g/mol. The molecule has 0 unspecified atom stereocenters. The van der Waals surface area contributed by atoms with E-state index in [0.29, 0.717) is 22.3 Å². The first kappa shape index (κ1) is 25.6. The van der Waals surface area contributed by atoms with Crippen molar-refractivity contribution in [3.63, 3.8) is 0 Å². The molecular weight excluding hydrogens is 451 g/mol. The van der Waals surface area contributed by atoms with Crippen LogP contribution in [0.15, 0.2) is 42.5 Å². The van der Waals surface area contributed by atoms with Gasteiger partial charge in [0.25, 0.3) is 0 Å². The first-order valence-corrected chi connectivity index (χ1v) is 12.3. The molecule has 2 aromatic carbocycles. The number of benzene rings is 2. The highest BCUT2D eigenvalue weighted by atomic mass is 35.5. The Morgan fingerprint density at radius 3 is 2.52 bits per heavy atom. The predicted octanol–water partition coefficient (Wildman–Crippen LogP) is 5.87. The fourth-order valence-corrected chi connectivity index (χ4v) is 4.49. The van der Waals surface area contributed by atoms with Gasteiger partial charge in [0.05, 0.1) is 5.75 Å². The molecular formula is C24H30Cl2N2O2S. The highest BCUT2D eigenvalue weighted by Gasteiger charge is 2.26. The number of aryl methyl sites for hydroxylation is 1. The maximum absolute atomic E-state index is 13.1. The molecule has 0 aliphatic rings. The lowest BCUT2D eigenvalue weighted by atomic mass is 10.1. The Balaban J connectivity index is 2.10. The van der Waals surface area contributed by atoms with E-state index in [1.165, 1.54) is 11.8 Å². The molecule has 0 fully saturated rings. The van der Waals surface area contributed by atoms with E-state index in [4.69, 9.17) is 23.2 Å². The first-order valence-electron chi connectivity index (χ1n) is 10.4. The number of rotatable bonds is 10. The smallest absolute Gasteiger partial charge is 0.242 e. The van der Waals surface area contributed by atoms with E-state index in [2.05, 4.69) is 5.32 Å². The van der Waals surface area contributed by atoms with Crippen LogP contribution >= 0.6 is 35.0 Å². The Bertz CT molecular complexity index is 907. The largest absolute Gasteiger partial charge is 0.352 e. The quantitative estimate of drug-likeness (QED) is 0.462. The second-order valence-corrected chi connectivity index (χ2v) is 9.56. The van der Waals surface area contributed by atoms with Crippen LogP contribution in [-0.4, -0.2) is 34.6 Å². The fourth-order valence-electron chi connectivity index (χ4n) is 3.03. The second kappa shape index (κ2) is 12.4. The molecule has 0 radical (unpaired) electrons. The van der Waals surface area contributed by atoms with E-state index < -0.39 is 6.04 Å². The summed E-state index contributed by atoms with van der Waals surface area (Å²) >= 11 is 13.7. The Morgan fingerprint density at radius 2 is 1.87 bits per heavy atom. The lowest BCUT2D eigenvalue weighted by Gasteiger charge is -2.29. The predicted molar refractivity (Wildman–Crippen MR) is 132 cm³/mol. The number of carbonyl (C=O) groups excluding carboxylic acids is 2. The number of nitrogens with one attached hydrogen (secondary N) is 1. The van der Waals surface area contributed by atoms with Gasteiger partial charge in [-0.1, -0.05) is 66.0 Å². The molecule has 1 N–H and O–H groups in total. The third kappa shape index (κ3) is 8.06. The van der Waals surface area contributed by atoms with Crippen molar-refractivity contribution < 1.29 is 9.59 Å². The molecule has 0 saturated carbocycles. The lowest BCUT2D eigenvalue weighted by Crippen LogP contribution is -2.50. The number of nitrogens with zero attached hydrogens (tertiary/aromatic N) is 1. The van der Waals surface area contributed by atoms with E-state index in [1.54, 1.807) is 24.0 Å². The summed E-state index contributed by atoms with van der Waals surface area (Å²) < 4.78 is 0. The lowest BCUT2D eigenvalue weighted by molar-refractivity contribution is -0.138. The zero-order valence-electron chi connectivity index (χ0n) is 18.5. The fraction of sp³-hybridized carbons (Fsp3) is 0.417. The summed E-state index contributed by atoms with van der Waals surface area (Å²) in [6, 6.07) is 12.9. The van der Waals surface area contributed by atoms with E-state index in [1.807, 2.05) is 51.1 Å². The number of thioether (sulfide) groups is 1. The minimum absolute atomic E-state index is 0.0623. The van der Waals surface area contributed by atoms with Crippen LogP contribution in [0.4, 0.5) is 0 Å². The molecule has 0 aromatic heterocycles. The number of amides is 2. The molecule has 2 atom stereocenters. The highest BCUT2D eigenvalue weighted by Crippen LogP contribution is 2.25. The Hall–Kier alpha value is -1.69. The van der Waals surface area contributed by atoms with E-state index >= 15 is 0 Å². The maximum atomic E-state index is 13.1. The third-order valence-corrected chi connectivity index (χ3v) is 6.66. The first-order chi connectivity index (χ1) is 14.7. The van der Waals surface area contributed by atoms with Crippen LogP contribution in [0.2, 0.25) is 10.0 Å². The molecule has 168 valence electrons. The standard InChI is InChI=1S/C24H30Cl2N2O2S/c1-5-17(3)27-24(30)18(4)28(13-19-8-6-7-16(2)11-19)23(29)15-31-14-20-9-10-21(25)12-22(20)26/h6-12,17-18H,5,13-15H2,1-4H3,(H,27,30)/t17-,18+/m1/s1. The van der Waals surface area contributed by atoms with Gasteiger partial charge in [0.2, 0.25) is 11.8 Å². The summed E-state index contributed by atoms with van der Waals surface area (Å²) in [7, 11) is 0. The van der Waals surface area contributed by atoms with Crippen LogP contribution in [0, 0.1) is 6.92 Å². The van der Waals surface area contributed by atoms with Crippen LogP contribution in [0.5, 0.6) is 0 Å². The monoisotopic (exact) mass is 480 g/mol. The summed E-state index contributed by atoms with van der Waals surface area (Å²) in [6.07, 6.45) is 0.835. The van der Waals surface area contributed by atoms with Gasteiger partial charge in [0.15, 0.2) is 0 Å². The van der Waals surface area contributed by atoms with Gasteiger partial charge >= 0.3 is 0 Å². The van der Waals surface area contributed by atoms with Crippen molar-refractivity contribution in [3.05, 3.63) is 69.2 Å². The summed E-state index contributed by atoms with van der Waals surface area (Å²) in [4.78, 5) is 27.5. The molecule has 2 amide bonds. The van der Waals surface area contributed by atoms with Crippen LogP contribution in [0.1, 0.15) is 43.9 Å². The van der Waals surface area contributed by atoms with Crippen molar-refractivity contribution in [2.24, 2.45) is 0 Å². The summed E-state index contributed by atoms with van der Waals surface area (Å²) in [5.41, 5.74) is 3.05. The van der Waals surface area contributed by atoms with Gasteiger partial charge in [-0.25, -0.2) is 0 Å². The molecule has 0 aliphatic heterocycles. The van der Waals surface area contributed by atoms with Gasteiger partial charge < -0.3 is 10.2 Å². The summed E-state index contributed by atoms with van der Waals surface area (Å²) in [5, 5.41) is 4.16. The SMILES string of the molecule is CC[C@@H](C)NC(=O)[C@H](C)N(Cc1cccc(C)c1)C(=O)CSCc1ccc(Cl)cc1Cl. The van der Waals surface area contributed by atoms with E-state index in [-0.39, 0.29) is 23.6 Å². The number of halogens is 2. The topological polar surface area (TPSA) is 49.4 Å². The van der Waals surface area contributed by atoms with Gasteiger partial charge in [-0.2, -0.15) is 0 Å². The molecule has 0 saturated heterocycles. The van der Waals surface area contributed by atoms with Gasteiger partial charge in [-0.05, 0) is 50.5 Å². The Morgan fingerprint density at radius 1 is 1.13 bits per heavy atom. The summed E-state index contributed by atoms with van der Waals surface area (Å²) in [6.45, 7) is 8.16. The molecule has 0 bridgehead atoms. The molecule has 31 heavy (non-hydrogen) atoms. The number of hydrogen-bond acceptors (Lipinski definition) is 3. The van der Waals surface area contributed by atoms with Crippen LogP contribution in [-0.2, 0) is 21.9 Å². The van der Waals surface area contributed by atoms with E-state index in [9.17, 15) is 9.59 Å². The zero-order valence-corrected chi connectivity index (χ0v) is 20.8. The van der Waals surface area contributed by atoms with Crippen molar-refractivity contribution in [3.8, 4) is 0 Å². The molecule has 2 rings (SSSR count). The Kier molecular flexibility index (Phi) is 10.2. The normalized spacial score (nSPS) is 12.8. The highest BCUT2D eigenvalue weighted by molar-refractivity contribution is 7.99. The van der Waals surface area contributed by atoms with Crippen molar-refractivity contribution in [1.29, 1.82) is 0 Å². The number of hydrogen-bond donors (Lipinski definition) is 1. The average Bonchev–Trinajstić information content (AvgIpc) is 2.72. The third-order valence-electron chi connectivity index (χ3n) is 5.10. The zero-order chi connectivity index (χ0) is 23.0. The van der Waals surface area contributed by atoms with Crippen molar-refractivity contribution in [2.75, 3.05) is 5.75 Å².